The minimum absolute atomic E-state index is 0.147. The molecule has 1 unspecified atom stereocenters. The van der Waals surface area contributed by atoms with Crippen LogP contribution in [0.5, 0.6) is 0 Å². The van der Waals surface area contributed by atoms with Gasteiger partial charge in [0.25, 0.3) is 0 Å². The second kappa shape index (κ2) is 5.50. The number of rotatable bonds is 4. The van der Waals surface area contributed by atoms with E-state index in [1.165, 1.54) is 0 Å². The number of aromatic nitrogens is 3. The molecule has 1 atom stereocenters. The third-order valence-electron chi connectivity index (χ3n) is 3.01. The second-order valence-corrected chi connectivity index (χ2v) is 4.79. The highest BCUT2D eigenvalue weighted by molar-refractivity contribution is 6.32. The highest BCUT2D eigenvalue weighted by Crippen LogP contribution is 2.27. The average Bonchev–Trinajstić information content (AvgIpc) is 2.76. The van der Waals surface area contributed by atoms with E-state index in [1.54, 1.807) is 4.68 Å². The molecule has 0 fully saturated rings. The van der Waals surface area contributed by atoms with Gasteiger partial charge in [-0.1, -0.05) is 35.0 Å². The first-order chi connectivity index (χ1) is 8.61. The van der Waals surface area contributed by atoms with Crippen LogP contribution < -0.4 is 5.32 Å². The largest absolute Gasteiger partial charge is 0.313 e. The Morgan fingerprint density at radius 2 is 2.22 bits per heavy atom. The summed E-state index contributed by atoms with van der Waals surface area (Å²) in [6, 6.07) is 6.24. The predicted molar refractivity (Wildman–Crippen MR) is 72.7 cm³/mol. The summed E-state index contributed by atoms with van der Waals surface area (Å²) in [6.07, 6.45) is 2.70. The number of likely N-dealkylation sites (N-methyl/N-ethyl adjacent to an activating group) is 1. The van der Waals surface area contributed by atoms with Crippen LogP contribution in [-0.4, -0.2) is 22.0 Å². The molecule has 18 heavy (non-hydrogen) atoms. The van der Waals surface area contributed by atoms with Crippen LogP contribution in [0.15, 0.2) is 24.4 Å². The number of hydrogen-bond acceptors (Lipinski definition) is 3. The number of halogens is 1. The third-order valence-corrected chi connectivity index (χ3v) is 3.53. The van der Waals surface area contributed by atoms with Crippen molar-refractivity contribution in [2.24, 2.45) is 7.05 Å². The monoisotopic (exact) mass is 264 g/mol. The summed E-state index contributed by atoms with van der Waals surface area (Å²) in [6.45, 7) is 2.01. The van der Waals surface area contributed by atoms with Crippen LogP contribution in [0.4, 0.5) is 0 Å². The van der Waals surface area contributed by atoms with E-state index in [2.05, 4.69) is 15.6 Å². The lowest BCUT2D eigenvalue weighted by Gasteiger charge is -2.17. The van der Waals surface area contributed by atoms with E-state index in [-0.39, 0.29) is 6.04 Å². The van der Waals surface area contributed by atoms with E-state index in [0.717, 1.165) is 28.3 Å². The molecule has 1 aromatic heterocycles. The number of aryl methyl sites for hydroxylation is 2. The van der Waals surface area contributed by atoms with E-state index in [1.807, 2.05) is 45.4 Å². The van der Waals surface area contributed by atoms with Crippen LogP contribution in [-0.2, 0) is 13.5 Å². The first kappa shape index (κ1) is 13.1. The maximum Gasteiger partial charge on any atom is 0.0845 e. The van der Waals surface area contributed by atoms with Gasteiger partial charge in [-0.3, -0.25) is 4.68 Å². The molecule has 1 N–H and O–H groups in total. The van der Waals surface area contributed by atoms with Crippen molar-refractivity contribution in [2.75, 3.05) is 7.05 Å². The fourth-order valence-corrected chi connectivity index (χ4v) is 2.26. The van der Waals surface area contributed by atoms with Crippen molar-refractivity contribution in [3.05, 3.63) is 46.2 Å². The smallest absolute Gasteiger partial charge is 0.0845 e. The molecule has 96 valence electrons. The minimum Gasteiger partial charge on any atom is -0.313 e. The lowest BCUT2D eigenvalue weighted by Crippen LogP contribution is -2.19. The Morgan fingerprint density at radius 3 is 2.83 bits per heavy atom. The Bertz CT molecular complexity index is 536. The van der Waals surface area contributed by atoms with Crippen molar-refractivity contribution >= 4 is 11.6 Å². The van der Waals surface area contributed by atoms with Gasteiger partial charge >= 0.3 is 0 Å². The Kier molecular flexibility index (Phi) is 3.99. The molecule has 1 aromatic carbocycles. The highest BCUT2D eigenvalue weighted by atomic mass is 35.5. The van der Waals surface area contributed by atoms with Crippen LogP contribution in [0.3, 0.4) is 0 Å². The van der Waals surface area contributed by atoms with Gasteiger partial charge in [0.2, 0.25) is 0 Å². The summed E-state index contributed by atoms with van der Waals surface area (Å²) in [7, 11) is 3.80. The van der Waals surface area contributed by atoms with E-state index >= 15 is 0 Å². The zero-order chi connectivity index (χ0) is 13.1. The Labute approximate surface area is 112 Å². The van der Waals surface area contributed by atoms with Gasteiger partial charge in [-0.05, 0) is 25.1 Å². The van der Waals surface area contributed by atoms with Gasteiger partial charge in [0.1, 0.15) is 0 Å². The molecular weight excluding hydrogens is 248 g/mol. The summed E-state index contributed by atoms with van der Waals surface area (Å²) in [5, 5.41) is 12.2. The van der Waals surface area contributed by atoms with Gasteiger partial charge in [0, 0.05) is 30.7 Å². The Hall–Kier alpha value is -1.39. The lowest BCUT2D eigenvalue weighted by atomic mass is 10.0. The van der Waals surface area contributed by atoms with Crippen LogP contribution in [0.1, 0.15) is 22.9 Å². The predicted octanol–water partition coefficient (Wildman–Crippen LogP) is 2.28. The molecule has 2 aromatic rings. The van der Waals surface area contributed by atoms with Crippen molar-refractivity contribution in [3.8, 4) is 0 Å². The maximum atomic E-state index is 6.36. The first-order valence-electron chi connectivity index (χ1n) is 5.89. The summed E-state index contributed by atoms with van der Waals surface area (Å²) in [4.78, 5) is 0. The molecule has 0 aliphatic rings. The normalized spacial score (nSPS) is 12.7. The van der Waals surface area contributed by atoms with Gasteiger partial charge in [-0.25, -0.2) is 0 Å². The lowest BCUT2D eigenvalue weighted by molar-refractivity contribution is 0.583. The molecule has 0 saturated heterocycles. The summed E-state index contributed by atoms with van der Waals surface area (Å²) in [5.41, 5.74) is 3.15. The molecule has 0 aliphatic heterocycles. The number of hydrogen-bond donors (Lipinski definition) is 1. The molecule has 0 spiro atoms. The van der Waals surface area contributed by atoms with E-state index < -0.39 is 0 Å². The van der Waals surface area contributed by atoms with Gasteiger partial charge in [0.15, 0.2) is 0 Å². The van der Waals surface area contributed by atoms with Crippen LogP contribution in [0.25, 0.3) is 0 Å². The minimum atomic E-state index is 0.147. The molecule has 4 nitrogen and oxygen atoms in total. The summed E-state index contributed by atoms with van der Waals surface area (Å²) >= 11 is 6.36. The molecular formula is C13H17ClN4. The summed E-state index contributed by atoms with van der Waals surface area (Å²) < 4.78 is 1.71. The topological polar surface area (TPSA) is 42.7 Å². The molecule has 0 aliphatic carbocycles. The average molecular weight is 265 g/mol. The SMILES string of the molecule is CNC(Cc1cn(C)nn1)c1cccc(C)c1Cl. The van der Waals surface area contributed by atoms with Gasteiger partial charge in [-0.2, -0.15) is 0 Å². The van der Waals surface area contributed by atoms with Crippen molar-refractivity contribution in [1.82, 2.24) is 20.3 Å². The number of benzene rings is 1. The number of nitrogens with one attached hydrogen (secondary N) is 1. The van der Waals surface area contributed by atoms with Crippen LogP contribution in [0, 0.1) is 6.92 Å². The van der Waals surface area contributed by atoms with Crippen molar-refractivity contribution < 1.29 is 0 Å². The Morgan fingerprint density at radius 1 is 1.44 bits per heavy atom. The van der Waals surface area contributed by atoms with Gasteiger partial charge in [0.05, 0.1) is 5.69 Å². The van der Waals surface area contributed by atoms with Gasteiger partial charge in [-0.15, -0.1) is 5.10 Å². The molecule has 0 radical (unpaired) electrons. The van der Waals surface area contributed by atoms with Crippen LogP contribution in [0.2, 0.25) is 5.02 Å². The third kappa shape index (κ3) is 2.71. The Balaban J connectivity index is 2.25. The summed E-state index contributed by atoms with van der Waals surface area (Å²) in [5.74, 6) is 0. The van der Waals surface area contributed by atoms with Crippen molar-refractivity contribution in [1.29, 1.82) is 0 Å². The van der Waals surface area contributed by atoms with E-state index in [0.29, 0.717) is 0 Å². The van der Waals surface area contributed by atoms with Crippen molar-refractivity contribution in [3.63, 3.8) is 0 Å². The number of nitrogens with zero attached hydrogens (tertiary/aromatic N) is 3. The van der Waals surface area contributed by atoms with Crippen molar-refractivity contribution in [2.45, 2.75) is 19.4 Å². The van der Waals surface area contributed by atoms with Crippen LogP contribution >= 0.6 is 11.6 Å². The second-order valence-electron chi connectivity index (χ2n) is 4.41. The maximum absolute atomic E-state index is 6.36. The molecule has 1 heterocycles. The molecule has 0 bridgehead atoms. The van der Waals surface area contributed by atoms with E-state index in [9.17, 15) is 0 Å². The zero-order valence-corrected chi connectivity index (χ0v) is 11.6. The molecule has 5 heteroatoms. The molecule has 0 saturated carbocycles. The molecule has 2 rings (SSSR count). The first-order valence-corrected chi connectivity index (χ1v) is 6.27. The van der Waals surface area contributed by atoms with E-state index in [4.69, 9.17) is 11.6 Å². The fourth-order valence-electron chi connectivity index (χ4n) is 2.00. The molecule has 0 amide bonds. The highest BCUT2D eigenvalue weighted by Gasteiger charge is 2.16. The standard InChI is InChI=1S/C13H17ClN4/c1-9-5-4-6-11(13(9)14)12(15-2)7-10-8-18(3)17-16-10/h4-6,8,12,15H,7H2,1-3H3. The quantitative estimate of drug-likeness (QED) is 0.921. The van der Waals surface area contributed by atoms with Gasteiger partial charge < -0.3 is 5.32 Å². The zero-order valence-electron chi connectivity index (χ0n) is 10.8. The fraction of sp³-hybridized carbons (Fsp3) is 0.385.